The van der Waals surface area contributed by atoms with Gasteiger partial charge in [-0.25, -0.2) is 0 Å². The van der Waals surface area contributed by atoms with Crippen molar-refractivity contribution in [1.82, 2.24) is 15.5 Å². The lowest BCUT2D eigenvalue weighted by Gasteiger charge is -2.05. The maximum Gasteiger partial charge on any atom is 0.416 e. The van der Waals surface area contributed by atoms with Gasteiger partial charge in [-0.1, -0.05) is 5.16 Å². The lowest BCUT2D eigenvalue weighted by Crippen LogP contribution is -2.08. The van der Waals surface area contributed by atoms with Crippen molar-refractivity contribution in [2.45, 2.75) is 18.5 Å². The van der Waals surface area contributed by atoms with Crippen LogP contribution >= 0.6 is 0 Å². The molecule has 20 heavy (non-hydrogen) atoms. The molecule has 1 aliphatic rings. The molecule has 106 valence electrons. The first-order valence-corrected chi connectivity index (χ1v) is 6.26. The monoisotopic (exact) mass is 283 g/mol. The van der Waals surface area contributed by atoms with Crippen molar-refractivity contribution in [2.75, 3.05) is 13.1 Å². The van der Waals surface area contributed by atoms with Crippen LogP contribution in [0.25, 0.3) is 11.5 Å². The van der Waals surface area contributed by atoms with Gasteiger partial charge < -0.3 is 9.84 Å². The molecule has 1 unspecified atom stereocenters. The molecule has 1 aromatic heterocycles. The number of alkyl halides is 3. The largest absolute Gasteiger partial charge is 0.416 e. The van der Waals surface area contributed by atoms with Crippen molar-refractivity contribution in [3.8, 4) is 11.5 Å². The zero-order valence-corrected chi connectivity index (χ0v) is 10.4. The summed E-state index contributed by atoms with van der Waals surface area (Å²) in [5.74, 6) is 1.06. The summed E-state index contributed by atoms with van der Waals surface area (Å²) >= 11 is 0. The Morgan fingerprint density at radius 3 is 2.55 bits per heavy atom. The number of rotatable bonds is 2. The quantitative estimate of drug-likeness (QED) is 0.920. The van der Waals surface area contributed by atoms with Crippen molar-refractivity contribution in [1.29, 1.82) is 0 Å². The fourth-order valence-electron chi connectivity index (χ4n) is 2.19. The second-order valence-electron chi connectivity index (χ2n) is 4.72. The summed E-state index contributed by atoms with van der Waals surface area (Å²) in [5, 5.41) is 7.09. The summed E-state index contributed by atoms with van der Waals surface area (Å²) in [6.07, 6.45) is -3.40. The molecule has 1 N–H and O–H groups in total. The van der Waals surface area contributed by atoms with Gasteiger partial charge in [0.25, 0.3) is 5.89 Å². The third kappa shape index (κ3) is 2.53. The SMILES string of the molecule is FC(F)(F)c1ccc(-c2nc(C3CCNC3)no2)cc1. The Hall–Kier alpha value is -1.89. The van der Waals surface area contributed by atoms with Crippen LogP contribution in [0, 0.1) is 0 Å². The van der Waals surface area contributed by atoms with E-state index in [9.17, 15) is 13.2 Å². The third-order valence-corrected chi connectivity index (χ3v) is 3.33. The smallest absolute Gasteiger partial charge is 0.334 e. The van der Waals surface area contributed by atoms with E-state index in [1.54, 1.807) is 0 Å². The molecule has 1 aromatic carbocycles. The lowest BCUT2D eigenvalue weighted by molar-refractivity contribution is -0.137. The molecule has 2 aromatic rings. The molecule has 1 saturated heterocycles. The molecule has 0 aliphatic carbocycles. The van der Waals surface area contributed by atoms with Gasteiger partial charge in [0.05, 0.1) is 5.56 Å². The molecule has 0 saturated carbocycles. The van der Waals surface area contributed by atoms with E-state index in [0.717, 1.165) is 31.6 Å². The summed E-state index contributed by atoms with van der Waals surface area (Å²) in [4.78, 5) is 4.26. The van der Waals surface area contributed by atoms with Gasteiger partial charge in [-0.05, 0) is 37.2 Å². The van der Waals surface area contributed by atoms with E-state index in [4.69, 9.17) is 4.52 Å². The van der Waals surface area contributed by atoms with Crippen LogP contribution in [-0.2, 0) is 6.18 Å². The van der Waals surface area contributed by atoms with E-state index in [0.29, 0.717) is 11.4 Å². The molecule has 3 rings (SSSR count). The molecule has 0 radical (unpaired) electrons. The van der Waals surface area contributed by atoms with Crippen LogP contribution in [0.1, 0.15) is 23.7 Å². The second kappa shape index (κ2) is 4.90. The second-order valence-corrected chi connectivity index (χ2v) is 4.72. The molecule has 2 heterocycles. The van der Waals surface area contributed by atoms with Crippen molar-refractivity contribution >= 4 is 0 Å². The first-order chi connectivity index (χ1) is 9.54. The highest BCUT2D eigenvalue weighted by atomic mass is 19.4. The number of aromatic nitrogens is 2. The van der Waals surface area contributed by atoms with Gasteiger partial charge >= 0.3 is 6.18 Å². The molecule has 7 heteroatoms. The Bertz CT molecular complexity index is 586. The minimum atomic E-state index is -4.34. The minimum Gasteiger partial charge on any atom is -0.334 e. The standard InChI is InChI=1S/C13H12F3N3O/c14-13(15,16)10-3-1-8(2-4-10)12-18-11(19-20-12)9-5-6-17-7-9/h1-4,9,17H,5-7H2. The fraction of sp³-hybridized carbons (Fsp3) is 0.385. The molecule has 4 nitrogen and oxygen atoms in total. The summed E-state index contributed by atoms with van der Waals surface area (Å²) in [7, 11) is 0. The summed E-state index contributed by atoms with van der Waals surface area (Å²) in [5.41, 5.74) is -0.205. The van der Waals surface area contributed by atoms with E-state index in [1.807, 2.05) is 0 Å². The van der Waals surface area contributed by atoms with Gasteiger partial charge in [0.15, 0.2) is 5.82 Å². The van der Waals surface area contributed by atoms with Crippen LogP contribution in [0.3, 0.4) is 0 Å². The third-order valence-electron chi connectivity index (χ3n) is 3.33. The van der Waals surface area contributed by atoms with E-state index >= 15 is 0 Å². The average Bonchev–Trinajstić information content (AvgIpc) is 3.09. The Morgan fingerprint density at radius 2 is 1.95 bits per heavy atom. The number of nitrogens with one attached hydrogen (secondary N) is 1. The van der Waals surface area contributed by atoms with Crippen molar-refractivity contribution in [3.63, 3.8) is 0 Å². The average molecular weight is 283 g/mol. The maximum atomic E-state index is 12.5. The predicted molar refractivity (Wildman–Crippen MR) is 65.0 cm³/mol. The first kappa shape index (κ1) is 13.1. The van der Waals surface area contributed by atoms with Crippen molar-refractivity contribution in [2.24, 2.45) is 0 Å². The lowest BCUT2D eigenvalue weighted by atomic mass is 10.1. The maximum absolute atomic E-state index is 12.5. The molecule has 1 aliphatic heterocycles. The topological polar surface area (TPSA) is 51.0 Å². The van der Waals surface area contributed by atoms with Gasteiger partial charge in [0, 0.05) is 18.0 Å². The molecule has 1 fully saturated rings. The van der Waals surface area contributed by atoms with Crippen LogP contribution < -0.4 is 5.32 Å². The number of hydrogen-bond donors (Lipinski definition) is 1. The number of nitrogens with zero attached hydrogens (tertiary/aromatic N) is 2. The van der Waals surface area contributed by atoms with Crippen LogP contribution in [0.5, 0.6) is 0 Å². The molecule has 1 atom stereocenters. The Kier molecular flexibility index (Phi) is 3.21. The van der Waals surface area contributed by atoms with Crippen LogP contribution in [0.2, 0.25) is 0 Å². The van der Waals surface area contributed by atoms with E-state index < -0.39 is 11.7 Å². The van der Waals surface area contributed by atoms with Gasteiger partial charge in [-0.3, -0.25) is 0 Å². The minimum absolute atomic E-state index is 0.210. The summed E-state index contributed by atoms with van der Waals surface area (Å²) in [6.45, 7) is 1.71. The first-order valence-electron chi connectivity index (χ1n) is 6.26. The summed E-state index contributed by atoms with van der Waals surface area (Å²) < 4.78 is 42.5. The molecule has 0 spiro atoms. The number of halogens is 3. The highest BCUT2D eigenvalue weighted by Crippen LogP contribution is 2.31. The van der Waals surface area contributed by atoms with E-state index in [1.165, 1.54) is 12.1 Å². The normalized spacial score (nSPS) is 19.4. The van der Waals surface area contributed by atoms with Crippen LogP contribution in [-0.4, -0.2) is 23.2 Å². The fourth-order valence-corrected chi connectivity index (χ4v) is 2.19. The molecule has 0 amide bonds. The van der Waals surface area contributed by atoms with Gasteiger partial charge in [0.2, 0.25) is 0 Å². The van der Waals surface area contributed by atoms with Gasteiger partial charge in [-0.15, -0.1) is 0 Å². The Morgan fingerprint density at radius 1 is 1.20 bits per heavy atom. The van der Waals surface area contributed by atoms with Crippen LogP contribution in [0.4, 0.5) is 13.2 Å². The van der Waals surface area contributed by atoms with E-state index in [2.05, 4.69) is 15.5 Å². The van der Waals surface area contributed by atoms with Crippen molar-refractivity contribution in [3.05, 3.63) is 35.7 Å². The molecular formula is C13H12F3N3O. The zero-order valence-electron chi connectivity index (χ0n) is 10.4. The van der Waals surface area contributed by atoms with Gasteiger partial charge in [0.1, 0.15) is 0 Å². The van der Waals surface area contributed by atoms with E-state index in [-0.39, 0.29) is 11.8 Å². The highest BCUT2D eigenvalue weighted by Gasteiger charge is 2.30. The molecule has 0 bridgehead atoms. The predicted octanol–water partition coefficient (Wildman–Crippen LogP) is 2.83. The molecular weight excluding hydrogens is 271 g/mol. The van der Waals surface area contributed by atoms with Crippen LogP contribution in [0.15, 0.2) is 28.8 Å². The number of hydrogen-bond acceptors (Lipinski definition) is 4. The highest BCUT2D eigenvalue weighted by molar-refractivity contribution is 5.53. The van der Waals surface area contributed by atoms with Crippen molar-refractivity contribution < 1.29 is 17.7 Å². The Labute approximate surface area is 113 Å². The number of benzene rings is 1. The Balaban J connectivity index is 1.82. The zero-order chi connectivity index (χ0) is 14.2. The van der Waals surface area contributed by atoms with Gasteiger partial charge in [-0.2, -0.15) is 18.2 Å². The summed E-state index contributed by atoms with van der Waals surface area (Å²) in [6, 6.07) is 4.70.